The number of nitrogens with one attached hydrogen (secondary N) is 1. The van der Waals surface area contributed by atoms with Gasteiger partial charge >= 0.3 is 0 Å². The molecule has 1 N–H and O–H groups in total. The summed E-state index contributed by atoms with van der Waals surface area (Å²) < 4.78 is 11.2. The van der Waals surface area contributed by atoms with Crippen LogP contribution in [0.4, 0.5) is 0 Å². The lowest BCUT2D eigenvalue weighted by Gasteiger charge is -2.33. The van der Waals surface area contributed by atoms with Crippen molar-refractivity contribution in [2.75, 3.05) is 26.8 Å². The molecule has 1 fully saturated rings. The van der Waals surface area contributed by atoms with Gasteiger partial charge in [-0.15, -0.1) is 0 Å². The van der Waals surface area contributed by atoms with E-state index < -0.39 is 0 Å². The summed E-state index contributed by atoms with van der Waals surface area (Å²) in [4.78, 5) is 29.6. The number of H-pyrrole nitrogens is 1. The third kappa shape index (κ3) is 3.51. The molecule has 0 saturated carbocycles. The lowest BCUT2D eigenvalue weighted by Crippen LogP contribution is -2.43. The van der Waals surface area contributed by atoms with Crippen molar-refractivity contribution in [2.24, 2.45) is 0 Å². The summed E-state index contributed by atoms with van der Waals surface area (Å²) in [6, 6.07) is 13.5. The number of carbonyl (C=O) groups is 1. The molecule has 0 unspecified atom stereocenters. The van der Waals surface area contributed by atoms with Crippen LogP contribution >= 0.6 is 0 Å². The SMILES string of the molecule is COc1ccc2cc([C@@H]3CN(C(=O)c4c[nH]c(C)cc4=O)CCO3)ccc2c1. The number of amides is 1. The molecule has 1 saturated heterocycles. The fraction of sp³-hybridized carbons (Fsp3) is 0.273. The molecule has 0 aliphatic carbocycles. The maximum absolute atomic E-state index is 12.8. The molecule has 1 aliphatic rings. The van der Waals surface area contributed by atoms with Crippen molar-refractivity contribution >= 4 is 16.7 Å². The van der Waals surface area contributed by atoms with E-state index in [0.29, 0.717) is 19.7 Å². The Balaban J connectivity index is 1.57. The standard InChI is InChI=1S/C22H22N2O4/c1-14-9-20(25)19(12-23-14)22(26)24-7-8-28-21(13-24)17-4-3-16-11-18(27-2)6-5-15(16)10-17/h3-6,9-12,21H,7-8,13H2,1-2H3,(H,23,25)/t21-/m0/s1. The van der Waals surface area contributed by atoms with Crippen LogP contribution in [0.25, 0.3) is 10.8 Å². The molecule has 28 heavy (non-hydrogen) atoms. The minimum absolute atomic E-state index is 0.164. The highest BCUT2D eigenvalue weighted by atomic mass is 16.5. The number of pyridine rings is 1. The third-order valence-electron chi connectivity index (χ3n) is 5.08. The minimum Gasteiger partial charge on any atom is -0.497 e. The molecule has 1 atom stereocenters. The third-order valence-corrected chi connectivity index (χ3v) is 5.08. The van der Waals surface area contributed by atoms with Gasteiger partial charge in [-0.25, -0.2) is 0 Å². The van der Waals surface area contributed by atoms with Crippen molar-refractivity contribution in [1.82, 2.24) is 9.88 Å². The van der Waals surface area contributed by atoms with E-state index in [-0.39, 0.29) is 23.0 Å². The molecule has 0 bridgehead atoms. The van der Waals surface area contributed by atoms with E-state index in [2.05, 4.69) is 11.1 Å². The van der Waals surface area contributed by atoms with Crippen molar-refractivity contribution in [3.8, 4) is 5.75 Å². The number of aromatic amines is 1. The Morgan fingerprint density at radius 3 is 2.75 bits per heavy atom. The first-order valence-corrected chi connectivity index (χ1v) is 9.23. The van der Waals surface area contributed by atoms with Gasteiger partial charge in [-0.2, -0.15) is 0 Å². The van der Waals surface area contributed by atoms with Crippen LogP contribution in [0.2, 0.25) is 0 Å². The van der Waals surface area contributed by atoms with Gasteiger partial charge in [0.2, 0.25) is 0 Å². The molecule has 1 aliphatic heterocycles. The van der Waals surface area contributed by atoms with E-state index in [1.165, 1.54) is 12.3 Å². The first-order valence-electron chi connectivity index (χ1n) is 9.23. The normalized spacial score (nSPS) is 16.9. The van der Waals surface area contributed by atoms with Gasteiger partial charge in [0, 0.05) is 24.5 Å². The summed E-state index contributed by atoms with van der Waals surface area (Å²) in [5.74, 6) is 0.550. The first-order chi connectivity index (χ1) is 13.5. The van der Waals surface area contributed by atoms with Gasteiger partial charge < -0.3 is 19.4 Å². The van der Waals surface area contributed by atoms with Gasteiger partial charge in [0.25, 0.3) is 5.91 Å². The van der Waals surface area contributed by atoms with E-state index in [9.17, 15) is 9.59 Å². The number of carbonyl (C=O) groups excluding carboxylic acids is 1. The van der Waals surface area contributed by atoms with Crippen molar-refractivity contribution in [1.29, 1.82) is 0 Å². The van der Waals surface area contributed by atoms with Crippen LogP contribution in [0.15, 0.2) is 53.5 Å². The zero-order valence-electron chi connectivity index (χ0n) is 15.9. The molecular formula is C22H22N2O4. The zero-order valence-corrected chi connectivity index (χ0v) is 15.9. The number of aromatic nitrogens is 1. The first kappa shape index (κ1) is 18.3. The number of fused-ring (bicyclic) bond motifs is 1. The number of methoxy groups -OCH3 is 1. The second-order valence-electron chi connectivity index (χ2n) is 6.98. The van der Waals surface area contributed by atoms with Gasteiger partial charge in [0.05, 0.1) is 20.3 Å². The van der Waals surface area contributed by atoms with Crippen LogP contribution in [-0.2, 0) is 4.74 Å². The Kier molecular flexibility index (Phi) is 4.88. The molecule has 1 aromatic heterocycles. The largest absolute Gasteiger partial charge is 0.497 e. The molecular weight excluding hydrogens is 356 g/mol. The number of hydrogen-bond donors (Lipinski definition) is 1. The van der Waals surface area contributed by atoms with Gasteiger partial charge in [-0.1, -0.05) is 18.2 Å². The molecule has 3 aromatic rings. The molecule has 4 rings (SSSR count). The van der Waals surface area contributed by atoms with E-state index >= 15 is 0 Å². The van der Waals surface area contributed by atoms with Gasteiger partial charge in [-0.3, -0.25) is 9.59 Å². The Labute approximate surface area is 162 Å². The summed E-state index contributed by atoms with van der Waals surface area (Å²) in [6.07, 6.45) is 1.27. The Bertz CT molecular complexity index is 1090. The van der Waals surface area contributed by atoms with E-state index in [1.54, 1.807) is 18.9 Å². The van der Waals surface area contributed by atoms with E-state index in [0.717, 1.165) is 27.8 Å². The van der Waals surface area contributed by atoms with Gasteiger partial charge in [0.1, 0.15) is 17.4 Å². The number of aryl methyl sites for hydroxylation is 1. The number of morpholine rings is 1. The number of ether oxygens (including phenoxy) is 2. The van der Waals surface area contributed by atoms with Crippen LogP contribution in [0.5, 0.6) is 5.75 Å². The smallest absolute Gasteiger partial charge is 0.259 e. The van der Waals surface area contributed by atoms with Crippen molar-refractivity contribution in [3.63, 3.8) is 0 Å². The summed E-state index contributed by atoms with van der Waals surface area (Å²) in [6.45, 7) is 3.10. The Morgan fingerprint density at radius 2 is 1.96 bits per heavy atom. The number of rotatable bonds is 3. The van der Waals surface area contributed by atoms with Gasteiger partial charge in [-0.05, 0) is 41.5 Å². The molecule has 2 heterocycles. The van der Waals surface area contributed by atoms with E-state index in [1.807, 2.05) is 30.3 Å². The summed E-state index contributed by atoms with van der Waals surface area (Å²) in [7, 11) is 1.65. The zero-order chi connectivity index (χ0) is 19.7. The van der Waals surface area contributed by atoms with Crippen LogP contribution in [-0.4, -0.2) is 42.6 Å². The summed E-state index contributed by atoms with van der Waals surface area (Å²) in [5, 5.41) is 2.17. The molecule has 1 amide bonds. The predicted octanol–water partition coefficient (Wildman–Crippen LogP) is 3.06. The van der Waals surface area contributed by atoms with Crippen molar-refractivity contribution in [3.05, 3.63) is 75.7 Å². The van der Waals surface area contributed by atoms with Crippen molar-refractivity contribution in [2.45, 2.75) is 13.0 Å². The molecule has 0 spiro atoms. The highest BCUT2D eigenvalue weighted by Gasteiger charge is 2.27. The maximum Gasteiger partial charge on any atom is 0.259 e. The molecule has 6 heteroatoms. The summed E-state index contributed by atoms with van der Waals surface area (Å²) >= 11 is 0. The molecule has 2 aromatic carbocycles. The highest BCUT2D eigenvalue weighted by molar-refractivity contribution is 5.94. The molecule has 0 radical (unpaired) electrons. The number of benzene rings is 2. The highest BCUT2D eigenvalue weighted by Crippen LogP contribution is 2.28. The fourth-order valence-electron chi connectivity index (χ4n) is 3.52. The quantitative estimate of drug-likeness (QED) is 0.760. The summed E-state index contributed by atoms with van der Waals surface area (Å²) in [5.41, 5.74) is 1.64. The Morgan fingerprint density at radius 1 is 1.18 bits per heavy atom. The fourth-order valence-corrected chi connectivity index (χ4v) is 3.52. The topological polar surface area (TPSA) is 71.6 Å². The number of hydrogen-bond acceptors (Lipinski definition) is 4. The van der Waals surface area contributed by atoms with Crippen LogP contribution in [0.1, 0.15) is 27.7 Å². The lowest BCUT2D eigenvalue weighted by atomic mass is 10.0. The predicted molar refractivity (Wildman–Crippen MR) is 107 cm³/mol. The van der Waals surface area contributed by atoms with Crippen molar-refractivity contribution < 1.29 is 14.3 Å². The monoisotopic (exact) mass is 378 g/mol. The second kappa shape index (κ2) is 7.48. The molecule has 144 valence electrons. The second-order valence-corrected chi connectivity index (χ2v) is 6.98. The lowest BCUT2D eigenvalue weighted by molar-refractivity contribution is -0.0228. The average molecular weight is 378 g/mol. The van der Waals surface area contributed by atoms with Gasteiger partial charge in [0.15, 0.2) is 5.43 Å². The minimum atomic E-state index is -0.264. The number of nitrogens with zero attached hydrogens (tertiary/aromatic N) is 1. The van der Waals surface area contributed by atoms with Crippen LogP contribution < -0.4 is 10.2 Å². The Hall–Kier alpha value is -3.12. The maximum atomic E-state index is 12.8. The van der Waals surface area contributed by atoms with Crippen LogP contribution in [0.3, 0.4) is 0 Å². The van der Waals surface area contributed by atoms with Crippen LogP contribution in [0, 0.1) is 6.92 Å². The average Bonchev–Trinajstić information content (AvgIpc) is 2.72. The van der Waals surface area contributed by atoms with E-state index in [4.69, 9.17) is 9.47 Å². The molecule has 6 nitrogen and oxygen atoms in total.